The topological polar surface area (TPSA) is 95.1 Å². The Balaban J connectivity index is 2.08. The molecule has 0 spiro atoms. The van der Waals surface area contributed by atoms with E-state index in [1.807, 2.05) is 0 Å². The maximum Gasteiger partial charge on any atom is 0.411 e. The highest BCUT2D eigenvalue weighted by Gasteiger charge is 2.20. The summed E-state index contributed by atoms with van der Waals surface area (Å²) in [5.41, 5.74) is 1.79. The van der Waals surface area contributed by atoms with Crippen LogP contribution >= 0.6 is 0 Å². The van der Waals surface area contributed by atoms with Gasteiger partial charge in [-0.15, -0.1) is 0 Å². The number of benzene rings is 2. The zero-order valence-electron chi connectivity index (χ0n) is 15.6. The molecule has 0 bridgehead atoms. The number of hydrogen-bond donors (Lipinski definition) is 2. The molecule has 0 saturated carbocycles. The van der Waals surface area contributed by atoms with E-state index in [-0.39, 0.29) is 5.91 Å². The fourth-order valence-electron chi connectivity index (χ4n) is 2.43. The van der Waals surface area contributed by atoms with E-state index in [2.05, 4.69) is 15.4 Å². The van der Waals surface area contributed by atoms with Gasteiger partial charge < -0.3 is 24.3 Å². The molecule has 0 unspecified atom stereocenters. The van der Waals surface area contributed by atoms with Crippen molar-refractivity contribution >= 4 is 17.7 Å². The lowest BCUT2D eigenvalue weighted by atomic mass is 10.1. The van der Waals surface area contributed by atoms with Gasteiger partial charge in [0.1, 0.15) is 0 Å². The van der Waals surface area contributed by atoms with Gasteiger partial charge in [-0.1, -0.05) is 12.1 Å². The number of carbonyl (C=O) groups is 2. The van der Waals surface area contributed by atoms with Crippen LogP contribution in [0, 0.1) is 0 Å². The van der Waals surface area contributed by atoms with E-state index in [0.29, 0.717) is 35.0 Å². The second kappa shape index (κ2) is 9.33. The van der Waals surface area contributed by atoms with Crippen molar-refractivity contribution in [3.8, 4) is 17.2 Å². The van der Waals surface area contributed by atoms with Gasteiger partial charge in [0.05, 0.1) is 34.0 Å². The Kier molecular flexibility index (Phi) is 6.87. The highest BCUT2D eigenvalue weighted by molar-refractivity contribution is 5.98. The number of anilines is 1. The van der Waals surface area contributed by atoms with E-state index in [1.54, 1.807) is 36.4 Å². The van der Waals surface area contributed by atoms with Gasteiger partial charge in [-0.25, -0.2) is 4.79 Å². The van der Waals surface area contributed by atoms with E-state index < -0.39 is 6.09 Å². The quantitative estimate of drug-likeness (QED) is 0.774. The van der Waals surface area contributed by atoms with Gasteiger partial charge in [0.25, 0.3) is 5.91 Å². The van der Waals surface area contributed by atoms with Crippen molar-refractivity contribution in [3.05, 3.63) is 47.5 Å². The van der Waals surface area contributed by atoms with Gasteiger partial charge in [0.2, 0.25) is 5.75 Å². The Bertz CT molecular complexity index is 805. The van der Waals surface area contributed by atoms with E-state index in [0.717, 1.165) is 5.56 Å². The highest BCUT2D eigenvalue weighted by atomic mass is 16.5. The zero-order chi connectivity index (χ0) is 19.8. The lowest BCUT2D eigenvalue weighted by Gasteiger charge is -2.15. The summed E-state index contributed by atoms with van der Waals surface area (Å²) in [6.45, 7) is 0.300. The smallest absolute Gasteiger partial charge is 0.411 e. The molecule has 2 rings (SSSR count). The van der Waals surface area contributed by atoms with Crippen molar-refractivity contribution in [3.63, 3.8) is 0 Å². The highest BCUT2D eigenvalue weighted by Crippen LogP contribution is 2.39. The lowest BCUT2D eigenvalue weighted by Crippen LogP contribution is -2.23. The average Bonchev–Trinajstić information content (AvgIpc) is 2.71. The van der Waals surface area contributed by atoms with Crippen LogP contribution in [0.25, 0.3) is 0 Å². The third-order valence-electron chi connectivity index (χ3n) is 3.79. The second-order valence-electron chi connectivity index (χ2n) is 5.38. The SMILES string of the molecule is COC(=O)Nc1ccc(CNC(=O)c2ccc(OC)c(OC)c2OC)cc1. The number of nitrogens with one attached hydrogen (secondary N) is 2. The van der Waals surface area contributed by atoms with E-state index in [9.17, 15) is 9.59 Å². The summed E-state index contributed by atoms with van der Waals surface area (Å²) in [5, 5.41) is 5.38. The molecule has 0 fully saturated rings. The first kappa shape index (κ1) is 19.9. The minimum atomic E-state index is -0.545. The molecule has 2 aromatic rings. The predicted octanol–water partition coefficient (Wildman–Crippen LogP) is 2.82. The number of methoxy groups -OCH3 is 4. The molecule has 0 aliphatic carbocycles. The molecule has 0 atom stereocenters. The third kappa shape index (κ3) is 4.81. The van der Waals surface area contributed by atoms with Gasteiger partial charge >= 0.3 is 6.09 Å². The van der Waals surface area contributed by atoms with Crippen LogP contribution in [0.15, 0.2) is 36.4 Å². The van der Waals surface area contributed by atoms with Gasteiger partial charge in [-0.2, -0.15) is 0 Å². The molecule has 2 amide bonds. The molecular formula is C19H22N2O6. The summed E-state index contributed by atoms with van der Waals surface area (Å²) in [5.74, 6) is 0.807. The molecular weight excluding hydrogens is 352 g/mol. The van der Waals surface area contributed by atoms with Crippen molar-refractivity contribution in [2.45, 2.75) is 6.54 Å². The molecule has 0 aromatic heterocycles. The average molecular weight is 374 g/mol. The van der Waals surface area contributed by atoms with Crippen molar-refractivity contribution < 1.29 is 28.5 Å². The summed E-state index contributed by atoms with van der Waals surface area (Å²) in [7, 11) is 5.74. The number of ether oxygens (including phenoxy) is 4. The summed E-state index contributed by atoms with van der Waals surface area (Å²) < 4.78 is 20.4. The summed E-state index contributed by atoms with van der Waals surface area (Å²) in [4.78, 5) is 23.7. The van der Waals surface area contributed by atoms with Crippen LogP contribution in [0.5, 0.6) is 17.2 Å². The van der Waals surface area contributed by atoms with Gasteiger partial charge in [0.15, 0.2) is 11.5 Å². The van der Waals surface area contributed by atoms with E-state index in [4.69, 9.17) is 14.2 Å². The monoisotopic (exact) mass is 374 g/mol. The summed E-state index contributed by atoms with van der Waals surface area (Å²) >= 11 is 0. The molecule has 0 aliphatic heterocycles. The standard InChI is InChI=1S/C19H22N2O6/c1-24-15-10-9-14(16(25-2)17(15)26-3)18(22)20-11-12-5-7-13(8-6-12)21-19(23)27-4/h5-10H,11H2,1-4H3,(H,20,22)(H,21,23). The van der Waals surface area contributed by atoms with Crippen LogP contribution in [-0.2, 0) is 11.3 Å². The van der Waals surface area contributed by atoms with Crippen molar-refractivity contribution in [2.24, 2.45) is 0 Å². The Morgan fingerprint density at radius 3 is 2.07 bits per heavy atom. The predicted molar refractivity (Wildman–Crippen MR) is 99.7 cm³/mol. The Hall–Kier alpha value is -3.42. The molecule has 8 nitrogen and oxygen atoms in total. The van der Waals surface area contributed by atoms with Crippen molar-refractivity contribution in [1.82, 2.24) is 5.32 Å². The number of amides is 2. The Morgan fingerprint density at radius 2 is 1.52 bits per heavy atom. The van der Waals surface area contributed by atoms with Crippen molar-refractivity contribution in [2.75, 3.05) is 33.8 Å². The molecule has 0 aliphatic rings. The van der Waals surface area contributed by atoms with Gasteiger partial charge in [-0.3, -0.25) is 10.1 Å². The fraction of sp³-hybridized carbons (Fsp3) is 0.263. The maximum absolute atomic E-state index is 12.6. The first-order valence-electron chi connectivity index (χ1n) is 8.05. The van der Waals surface area contributed by atoms with Crippen LogP contribution in [0.4, 0.5) is 10.5 Å². The van der Waals surface area contributed by atoms with E-state index in [1.165, 1.54) is 28.4 Å². The van der Waals surface area contributed by atoms with Crippen LogP contribution in [-0.4, -0.2) is 40.4 Å². The molecule has 0 heterocycles. The van der Waals surface area contributed by atoms with Crippen LogP contribution in [0.3, 0.4) is 0 Å². The number of carbonyl (C=O) groups excluding carboxylic acids is 2. The lowest BCUT2D eigenvalue weighted by molar-refractivity contribution is 0.0947. The van der Waals surface area contributed by atoms with E-state index >= 15 is 0 Å². The molecule has 144 valence electrons. The second-order valence-corrected chi connectivity index (χ2v) is 5.38. The first-order chi connectivity index (χ1) is 13.0. The molecule has 8 heteroatoms. The Morgan fingerprint density at radius 1 is 0.852 bits per heavy atom. The molecule has 2 aromatic carbocycles. The third-order valence-corrected chi connectivity index (χ3v) is 3.79. The first-order valence-corrected chi connectivity index (χ1v) is 8.05. The number of rotatable bonds is 7. The minimum absolute atomic E-state index is 0.298. The normalized spacial score (nSPS) is 9.93. The molecule has 27 heavy (non-hydrogen) atoms. The summed E-state index contributed by atoms with van der Waals surface area (Å²) in [6, 6.07) is 10.3. The van der Waals surface area contributed by atoms with Crippen LogP contribution in [0.2, 0.25) is 0 Å². The van der Waals surface area contributed by atoms with Crippen LogP contribution in [0.1, 0.15) is 15.9 Å². The van der Waals surface area contributed by atoms with Gasteiger partial charge in [-0.05, 0) is 29.8 Å². The van der Waals surface area contributed by atoms with Gasteiger partial charge in [0, 0.05) is 12.2 Å². The van der Waals surface area contributed by atoms with Crippen molar-refractivity contribution in [1.29, 1.82) is 0 Å². The molecule has 0 saturated heterocycles. The summed E-state index contributed by atoms with van der Waals surface area (Å²) in [6.07, 6.45) is -0.545. The number of hydrogen-bond acceptors (Lipinski definition) is 6. The Labute approximate surface area is 157 Å². The molecule has 0 radical (unpaired) electrons. The largest absolute Gasteiger partial charge is 0.493 e. The zero-order valence-corrected chi connectivity index (χ0v) is 15.6. The minimum Gasteiger partial charge on any atom is -0.493 e. The maximum atomic E-state index is 12.6. The fourth-order valence-corrected chi connectivity index (χ4v) is 2.43. The molecule has 2 N–H and O–H groups in total. The van der Waals surface area contributed by atoms with Crippen LogP contribution < -0.4 is 24.8 Å².